The Morgan fingerprint density at radius 1 is 0.585 bits per heavy atom. The molecule has 41 heavy (non-hydrogen) atoms. The van der Waals surface area contributed by atoms with Crippen LogP contribution in [0.25, 0.3) is 34.4 Å². The Bertz CT molecular complexity index is 1620. The molecule has 4 aromatic rings. The number of para-hydroxylation sites is 2. The second-order valence-electron chi connectivity index (χ2n) is 8.41. The van der Waals surface area contributed by atoms with Crippen molar-refractivity contribution in [3.63, 3.8) is 0 Å². The molecule has 0 radical (unpaired) electrons. The van der Waals surface area contributed by atoms with Gasteiger partial charge in [0.2, 0.25) is 0 Å². The molecule has 0 amide bonds. The lowest BCUT2D eigenvalue weighted by Crippen LogP contribution is -1.94. The summed E-state index contributed by atoms with van der Waals surface area (Å²) in [6.45, 7) is 0. The zero-order valence-corrected chi connectivity index (χ0v) is 24.4. The molecule has 11 heteroatoms. The smallest absolute Gasteiger partial charge is 0.328 e. The highest BCUT2D eigenvalue weighted by molar-refractivity contribution is 7.99. The Morgan fingerprint density at radius 2 is 0.951 bits per heavy atom. The molecular weight excluding hydrogens is 630 g/mol. The van der Waals surface area contributed by atoms with Crippen molar-refractivity contribution in [2.75, 3.05) is 0 Å². The molecule has 0 atom stereocenters. The van der Waals surface area contributed by atoms with Crippen molar-refractivity contribution in [3.8, 4) is 33.8 Å². The second-order valence-corrected chi connectivity index (χ2v) is 11.0. The van der Waals surface area contributed by atoms with Gasteiger partial charge in [-0.25, -0.2) is 9.59 Å². The summed E-state index contributed by atoms with van der Waals surface area (Å²) in [5.41, 5.74) is 2.12. The lowest BCUT2D eigenvalue weighted by molar-refractivity contribution is -0.132. The number of hydrogen-bond acceptors (Lipinski definition) is 5. The van der Waals surface area contributed by atoms with Crippen LogP contribution in [0.5, 0.6) is 11.5 Å². The number of aliphatic carboxylic acids is 2. The number of carboxylic acids is 2. The molecule has 208 valence electrons. The molecule has 0 aliphatic carbocycles. The molecule has 0 unspecified atom stereocenters. The standard InChI is InChI=1S/C30H18Cl4O6S/c31-27-17(9-11-25(37)38)19(15-5-1-3-7-21(15)35)13-23(29(27)33)41-24-14-20(16-6-2-4-8-22(16)36)18(10-12-26(39)40)28(32)30(24)34/h1-14,35-36H,(H,37,38)(H,39,40). The second kappa shape index (κ2) is 12.9. The van der Waals surface area contributed by atoms with E-state index in [-0.39, 0.29) is 42.7 Å². The van der Waals surface area contributed by atoms with Crippen LogP contribution >= 0.6 is 58.2 Å². The summed E-state index contributed by atoms with van der Waals surface area (Å²) in [6.07, 6.45) is 4.39. The minimum atomic E-state index is -1.20. The SMILES string of the molecule is O=C(O)C=Cc1c(-c2ccccc2O)cc(Sc2cc(-c3ccccc3O)c(C=CC(=O)O)c(Cl)c2Cl)c(Cl)c1Cl. The maximum Gasteiger partial charge on any atom is 0.328 e. The van der Waals surface area contributed by atoms with Crippen molar-refractivity contribution < 1.29 is 30.0 Å². The van der Waals surface area contributed by atoms with Gasteiger partial charge in [0.15, 0.2) is 0 Å². The fraction of sp³-hybridized carbons (Fsp3) is 0. The highest BCUT2D eigenvalue weighted by Gasteiger charge is 2.22. The quantitative estimate of drug-likeness (QED) is 0.141. The summed E-state index contributed by atoms with van der Waals surface area (Å²) in [4.78, 5) is 23.3. The number of rotatable bonds is 8. The first-order chi connectivity index (χ1) is 19.5. The van der Waals surface area contributed by atoms with Crippen molar-refractivity contribution in [2.45, 2.75) is 9.79 Å². The molecule has 0 bridgehead atoms. The van der Waals surface area contributed by atoms with Gasteiger partial charge in [-0.3, -0.25) is 0 Å². The van der Waals surface area contributed by atoms with Crippen molar-refractivity contribution in [2.24, 2.45) is 0 Å². The summed E-state index contributed by atoms with van der Waals surface area (Å²) < 4.78 is 0. The molecule has 0 heterocycles. The van der Waals surface area contributed by atoms with Gasteiger partial charge in [-0.2, -0.15) is 0 Å². The number of phenolic OH excluding ortho intramolecular Hbond substituents is 2. The van der Waals surface area contributed by atoms with E-state index in [1.807, 2.05) is 0 Å². The van der Waals surface area contributed by atoms with Gasteiger partial charge in [-0.1, -0.05) is 94.6 Å². The number of aromatic hydroxyl groups is 2. The minimum Gasteiger partial charge on any atom is -0.507 e. The van der Waals surface area contributed by atoms with Gasteiger partial charge in [-0.05, 0) is 47.5 Å². The summed E-state index contributed by atoms with van der Waals surface area (Å²) in [5, 5.41) is 39.8. The fourth-order valence-corrected chi connectivity index (χ4v) is 6.15. The monoisotopic (exact) mass is 646 g/mol. The topological polar surface area (TPSA) is 115 Å². The van der Waals surface area contributed by atoms with E-state index in [0.717, 1.165) is 23.9 Å². The third-order valence-electron chi connectivity index (χ3n) is 5.82. The van der Waals surface area contributed by atoms with Crippen LogP contribution in [0.3, 0.4) is 0 Å². The maximum atomic E-state index is 11.2. The van der Waals surface area contributed by atoms with Crippen molar-refractivity contribution in [1.82, 2.24) is 0 Å². The summed E-state index contributed by atoms with van der Waals surface area (Å²) in [6, 6.07) is 16.2. The molecule has 4 aromatic carbocycles. The molecule has 0 fully saturated rings. The third-order valence-corrected chi connectivity index (χ3v) is 8.89. The Balaban J connectivity index is 1.96. The van der Waals surface area contributed by atoms with Gasteiger partial charge in [0, 0.05) is 44.2 Å². The predicted molar refractivity (Wildman–Crippen MR) is 165 cm³/mol. The highest BCUT2D eigenvalue weighted by atomic mass is 35.5. The van der Waals surface area contributed by atoms with Gasteiger partial charge in [-0.15, -0.1) is 0 Å². The van der Waals surface area contributed by atoms with E-state index < -0.39 is 11.9 Å². The Morgan fingerprint density at radius 3 is 1.29 bits per heavy atom. The molecular formula is C30H18Cl4O6S. The van der Waals surface area contributed by atoms with Crippen LogP contribution in [0.2, 0.25) is 20.1 Å². The van der Waals surface area contributed by atoms with Gasteiger partial charge in [0.25, 0.3) is 0 Å². The fourth-order valence-electron chi connectivity index (χ4n) is 3.98. The maximum absolute atomic E-state index is 11.2. The number of carboxylic acid groups (broad SMARTS) is 2. The summed E-state index contributed by atoms with van der Waals surface area (Å²) in [7, 11) is 0. The van der Waals surface area contributed by atoms with Gasteiger partial charge in [0.1, 0.15) is 11.5 Å². The average molecular weight is 648 g/mol. The van der Waals surface area contributed by atoms with Gasteiger partial charge in [0.05, 0.1) is 20.1 Å². The number of benzene rings is 4. The van der Waals surface area contributed by atoms with Gasteiger partial charge < -0.3 is 20.4 Å². The minimum absolute atomic E-state index is 0.0385. The first-order valence-corrected chi connectivity index (χ1v) is 13.9. The molecule has 0 saturated heterocycles. The Kier molecular flexibility index (Phi) is 9.58. The average Bonchev–Trinajstić information content (AvgIpc) is 2.93. The zero-order chi connectivity index (χ0) is 29.8. The summed E-state index contributed by atoms with van der Waals surface area (Å²) >= 11 is 27.7. The van der Waals surface area contributed by atoms with Crippen LogP contribution in [0.4, 0.5) is 0 Å². The molecule has 4 rings (SSSR count). The van der Waals surface area contributed by atoms with E-state index in [4.69, 9.17) is 46.4 Å². The first-order valence-electron chi connectivity index (χ1n) is 11.6. The van der Waals surface area contributed by atoms with Gasteiger partial charge >= 0.3 is 11.9 Å². The number of halogens is 4. The highest BCUT2D eigenvalue weighted by Crippen LogP contribution is 2.50. The molecule has 0 saturated carbocycles. The third kappa shape index (κ3) is 6.67. The van der Waals surface area contributed by atoms with Crippen LogP contribution in [0, 0.1) is 0 Å². The van der Waals surface area contributed by atoms with E-state index in [2.05, 4.69) is 0 Å². The van der Waals surface area contributed by atoms with E-state index in [1.54, 1.807) is 48.5 Å². The normalized spacial score (nSPS) is 11.4. The largest absolute Gasteiger partial charge is 0.507 e. The molecule has 6 nitrogen and oxygen atoms in total. The molecule has 4 N–H and O–H groups in total. The zero-order valence-electron chi connectivity index (χ0n) is 20.6. The molecule has 0 aromatic heterocycles. The van der Waals surface area contributed by atoms with E-state index in [9.17, 15) is 30.0 Å². The van der Waals surface area contributed by atoms with E-state index in [0.29, 0.717) is 32.0 Å². The van der Waals surface area contributed by atoms with Crippen LogP contribution in [-0.2, 0) is 9.59 Å². The first kappa shape index (κ1) is 30.4. The number of phenols is 2. The van der Waals surface area contributed by atoms with Crippen LogP contribution in [-0.4, -0.2) is 32.4 Å². The van der Waals surface area contributed by atoms with Crippen molar-refractivity contribution in [3.05, 3.63) is 104 Å². The van der Waals surface area contributed by atoms with E-state index >= 15 is 0 Å². The molecule has 0 aliphatic heterocycles. The van der Waals surface area contributed by atoms with Crippen molar-refractivity contribution >= 4 is 82.3 Å². The lowest BCUT2D eigenvalue weighted by Gasteiger charge is -2.18. The predicted octanol–water partition coefficient (Wildman–Crippen LogP) is 9.39. The Labute approximate surface area is 258 Å². The van der Waals surface area contributed by atoms with Crippen molar-refractivity contribution in [1.29, 1.82) is 0 Å². The number of carbonyl (C=O) groups is 2. The van der Waals surface area contributed by atoms with Crippen LogP contribution in [0.1, 0.15) is 11.1 Å². The number of hydrogen-bond donors (Lipinski definition) is 4. The molecule has 0 aliphatic rings. The lowest BCUT2D eigenvalue weighted by atomic mass is 9.98. The van der Waals surface area contributed by atoms with Crippen LogP contribution < -0.4 is 0 Å². The van der Waals surface area contributed by atoms with E-state index in [1.165, 1.54) is 24.3 Å². The molecule has 0 spiro atoms. The van der Waals surface area contributed by atoms with Crippen LogP contribution in [0.15, 0.2) is 82.6 Å². The Hall–Kier alpha value is -3.59. The summed E-state index contributed by atoms with van der Waals surface area (Å²) in [5.74, 6) is -2.53.